The van der Waals surface area contributed by atoms with Crippen LogP contribution in [0.2, 0.25) is 0 Å². The molecule has 4 nitrogen and oxygen atoms in total. The summed E-state index contributed by atoms with van der Waals surface area (Å²) in [7, 11) is 2.12. The summed E-state index contributed by atoms with van der Waals surface area (Å²) in [5, 5.41) is 10.3. The van der Waals surface area contributed by atoms with Gasteiger partial charge >= 0.3 is 0 Å². The molecule has 172 valence electrons. The summed E-state index contributed by atoms with van der Waals surface area (Å²) in [4.78, 5) is 2.30. The van der Waals surface area contributed by atoms with Gasteiger partial charge in [0.2, 0.25) is 0 Å². The molecule has 2 rings (SSSR count). The highest BCUT2D eigenvalue weighted by molar-refractivity contribution is 5.43. The lowest BCUT2D eigenvalue weighted by atomic mass is 9.80. The number of aliphatic hydroxyl groups is 1. The molecule has 1 aromatic carbocycles. The van der Waals surface area contributed by atoms with Gasteiger partial charge in [-0.25, -0.2) is 0 Å². The van der Waals surface area contributed by atoms with E-state index in [0.29, 0.717) is 32.4 Å². The summed E-state index contributed by atoms with van der Waals surface area (Å²) >= 11 is 0. The van der Waals surface area contributed by atoms with Crippen LogP contribution in [0.15, 0.2) is 18.2 Å². The highest BCUT2D eigenvalue weighted by Gasteiger charge is 2.23. The van der Waals surface area contributed by atoms with Crippen LogP contribution in [0, 0.1) is 0 Å². The van der Waals surface area contributed by atoms with Crippen molar-refractivity contribution < 1.29 is 14.6 Å². The molecule has 1 fully saturated rings. The van der Waals surface area contributed by atoms with Gasteiger partial charge in [-0.2, -0.15) is 0 Å². The molecule has 0 unspecified atom stereocenters. The smallest absolute Gasteiger partial charge is 0.123 e. The Hall–Kier alpha value is -1.10. The number of nitrogens with zero attached hydrogens (tertiary/aromatic N) is 1. The summed E-state index contributed by atoms with van der Waals surface area (Å²) in [5.74, 6) is 0.927. The van der Waals surface area contributed by atoms with Crippen molar-refractivity contribution in [1.82, 2.24) is 4.90 Å². The van der Waals surface area contributed by atoms with E-state index < -0.39 is 6.10 Å². The number of hydrogen-bond donors (Lipinski definition) is 1. The third-order valence-corrected chi connectivity index (χ3v) is 6.15. The molecule has 0 spiro atoms. The van der Waals surface area contributed by atoms with Crippen LogP contribution < -0.4 is 4.74 Å². The number of benzene rings is 1. The predicted octanol–water partition coefficient (Wildman–Crippen LogP) is 5.30. The first kappa shape index (κ1) is 25.2. The Labute approximate surface area is 185 Å². The van der Waals surface area contributed by atoms with Gasteiger partial charge in [0.05, 0.1) is 19.3 Å². The van der Waals surface area contributed by atoms with E-state index in [-0.39, 0.29) is 10.8 Å². The SMILES string of the molecule is CN(C[C@H](O)COCCOc1ccc(C(C)(C)C)cc1C(C)(C)C)C1CCCCC1. The van der Waals surface area contributed by atoms with Gasteiger partial charge in [-0.05, 0) is 47.9 Å². The molecule has 0 amide bonds. The summed E-state index contributed by atoms with van der Waals surface area (Å²) in [6, 6.07) is 7.15. The molecule has 0 saturated heterocycles. The monoisotopic (exact) mass is 419 g/mol. The lowest BCUT2D eigenvalue weighted by Gasteiger charge is -2.32. The molecule has 1 aromatic rings. The number of ether oxygens (including phenoxy) is 2. The van der Waals surface area contributed by atoms with Gasteiger partial charge in [-0.15, -0.1) is 0 Å². The predicted molar refractivity (Wildman–Crippen MR) is 126 cm³/mol. The first-order valence-electron chi connectivity index (χ1n) is 11.7. The lowest BCUT2D eigenvalue weighted by Crippen LogP contribution is -2.40. The first-order valence-corrected chi connectivity index (χ1v) is 11.7. The maximum Gasteiger partial charge on any atom is 0.123 e. The van der Waals surface area contributed by atoms with E-state index in [1.54, 1.807) is 0 Å². The van der Waals surface area contributed by atoms with Crippen LogP contribution in [0.3, 0.4) is 0 Å². The minimum absolute atomic E-state index is 0.0113. The highest BCUT2D eigenvalue weighted by Crippen LogP contribution is 2.35. The average Bonchev–Trinajstić information content (AvgIpc) is 2.67. The third kappa shape index (κ3) is 7.86. The molecule has 1 aliphatic carbocycles. The van der Waals surface area contributed by atoms with Crippen molar-refractivity contribution in [1.29, 1.82) is 0 Å². The molecule has 1 saturated carbocycles. The van der Waals surface area contributed by atoms with Crippen LogP contribution in [0.5, 0.6) is 5.75 Å². The Kier molecular flexibility index (Phi) is 9.20. The van der Waals surface area contributed by atoms with Crippen LogP contribution in [0.25, 0.3) is 0 Å². The highest BCUT2D eigenvalue weighted by atomic mass is 16.5. The van der Waals surface area contributed by atoms with E-state index in [1.165, 1.54) is 43.2 Å². The number of rotatable bonds is 9. The number of likely N-dealkylation sites (N-methyl/N-ethyl adjacent to an activating group) is 1. The van der Waals surface area contributed by atoms with Crippen LogP contribution in [-0.4, -0.2) is 55.6 Å². The Balaban J connectivity index is 1.78. The van der Waals surface area contributed by atoms with Gasteiger partial charge in [0.1, 0.15) is 12.4 Å². The Morgan fingerprint density at radius 3 is 2.27 bits per heavy atom. The van der Waals surface area contributed by atoms with Gasteiger partial charge in [0, 0.05) is 12.6 Å². The van der Waals surface area contributed by atoms with Crippen LogP contribution in [0.1, 0.15) is 84.8 Å². The van der Waals surface area contributed by atoms with Crippen molar-refractivity contribution in [3.8, 4) is 5.75 Å². The van der Waals surface area contributed by atoms with Crippen molar-refractivity contribution >= 4 is 0 Å². The molecule has 1 N–H and O–H groups in total. The van der Waals surface area contributed by atoms with Gasteiger partial charge in [-0.3, -0.25) is 0 Å². The molecular weight excluding hydrogens is 374 g/mol. The van der Waals surface area contributed by atoms with E-state index in [2.05, 4.69) is 71.7 Å². The van der Waals surface area contributed by atoms with Crippen molar-refractivity contribution in [3.63, 3.8) is 0 Å². The zero-order valence-electron chi connectivity index (χ0n) is 20.5. The number of aliphatic hydroxyl groups excluding tert-OH is 1. The zero-order valence-corrected chi connectivity index (χ0v) is 20.5. The van der Waals surface area contributed by atoms with E-state index in [0.717, 1.165) is 5.75 Å². The molecule has 4 heteroatoms. The van der Waals surface area contributed by atoms with Gasteiger partial charge in [0.25, 0.3) is 0 Å². The fourth-order valence-electron chi connectivity index (χ4n) is 4.19. The topological polar surface area (TPSA) is 41.9 Å². The normalized spacial score (nSPS) is 17.4. The second-order valence-corrected chi connectivity index (χ2v) is 11.0. The molecule has 0 aliphatic heterocycles. The Bertz CT molecular complexity index is 639. The van der Waals surface area contributed by atoms with Gasteiger partial charge < -0.3 is 19.5 Å². The van der Waals surface area contributed by atoms with E-state index >= 15 is 0 Å². The minimum atomic E-state index is -0.451. The maximum atomic E-state index is 10.3. The van der Waals surface area contributed by atoms with Crippen molar-refractivity contribution in [2.45, 2.75) is 96.6 Å². The molecule has 1 aliphatic rings. The van der Waals surface area contributed by atoms with Crippen molar-refractivity contribution in [2.24, 2.45) is 0 Å². The molecule has 0 heterocycles. The van der Waals surface area contributed by atoms with E-state index in [9.17, 15) is 5.11 Å². The van der Waals surface area contributed by atoms with Crippen LogP contribution >= 0.6 is 0 Å². The molecule has 0 aromatic heterocycles. The van der Waals surface area contributed by atoms with E-state index in [1.807, 2.05) is 0 Å². The third-order valence-electron chi connectivity index (χ3n) is 6.15. The maximum absolute atomic E-state index is 10.3. The molecule has 0 radical (unpaired) electrons. The van der Waals surface area contributed by atoms with Crippen molar-refractivity contribution in [3.05, 3.63) is 29.3 Å². The largest absolute Gasteiger partial charge is 0.491 e. The second kappa shape index (κ2) is 11.0. The van der Waals surface area contributed by atoms with Gasteiger partial charge in [0.15, 0.2) is 0 Å². The van der Waals surface area contributed by atoms with Gasteiger partial charge in [-0.1, -0.05) is 72.9 Å². The van der Waals surface area contributed by atoms with E-state index in [4.69, 9.17) is 9.47 Å². The molecule has 30 heavy (non-hydrogen) atoms. The Morgan fingerprint density at radius 1 is 1.00 bits per heavy atom. The standard InChI is InChI=1S/C26H45NO3/c1-25(2,3)20-13-14-24(23(17-20)26(4,5)6)30-16-15-29-19-22(28)18-27(7)21-11-9-8-10-12-21/h13-14,17,21-22,28H,8-12,15-16,18-19H2,1-7H3/t22-/m0/s1. The summed E-state index contributed by atoms with van der Waals surface area (Å²) < 4.78 is 11.8. The Morgan fingerprint density at radius 2 is 1.67 bits per heavy atom. The summed E-state index contributed by atoms with van der Waals surface area (Å²) in [6.45, 7) is 15.4. The first-order chi connectivity index (χ1) is 14.0. The molecule has 0 bridgehead atoms. The fourth-order valence-corrected chi connectivity index (χ4v) is 4.19. The minimum Gasteiger partial charge on any atom is -0.491 e. The average molecular weight is 420 g/mol. The zero-order chi connectivity index (χ0) is 22.4. The van der Waals surface area contributed by atoms with Crippen LogP contribution in [-0.2, 0) is 15.6 Å². The second-order valence-electron chi connectivity index (χ2n) is 11.0. The summed E-state index contributed by atoms with van der Waals surface area (Å²) in [5.41, 5.74) is 2.67. The summed E-state index contributed by atoms with van der Waals surface area (Å²) in [6.07, 6.45) is 6.03. The molecular formula is C26H45NO3. The quantitative estimate of drug-likeness (QED) is 0.551. The van der Waals surface area contributed by atoms with Crippen molar-refractivity contribution in [2.75, 3.05) is 33.4 Å². The molecule has 1 atom stereocenters. The number of hydrogen-bond acceptors (Lipinski definition) is 4. The lowest BCUT2D eigenvalue weighted by molar-refractivity contribution is 0.00314. The fraction of sp³-hybridized carbons (Fsp3) is 0.769. The van der Waals surface area contributed by atoms with Crippen LogP contribution in [0.4, 0.5) is 0 Å².